The van der Waals surface area contributed by atoms with Gasteiger partial charge in [0.25, 0.3) is 0 Å². The summed E-state index contributed by atoms with van der Waals surface area (Å²) in [4.78, 5) is 7.26. The normalized spacial score (nSPS) is 20.8. The van der Waals surface area contributed by atoms with Crippen LogP contribution in [0.3, 0.4) is 0 Å². The van der Waals surface area contributed by atoms with Crippen molar-refractivity contribution < 1.29 is 4.74 Å². The Labute approximate surface area is 151 Å². The minimum Gasteiger partial charge on any atom is -0.497 e. The Bertz CT molecular complexity index is 704. The molecule has 1 fully saturated rings. The van der Waals surface area contributed by atoms with Gasteiger partial charge in [-0.15, -0.1) is 0 Å². The monoisotopic (exact) mass is 341 g/mol. The predicted molar refractivity (Wildman–Crippen MR) is 106 cm³/mol. The van der Waals surface area contributed by atoms with Crippen molar-refractivity contribution in [2.24, 2.45) is 0 Å². The molecular weight excluding hydrogens is 310 g/mol. The van der Waals surface area contributed by atoms with E-state index in [1.165, 1.54) is 31.4 Å². The van der Waals surface area contributed by atoms with Crippen LogP contribution in [0.25, 0.3) is 10.9 Å². The molecule has 1 saturated carbocycles. The van der Waals surface area contributed by atoms with Gasteiger partial charge in [0.1, 0.15) is 5.75 Å². The first-order chi connectivity index (χ1) is 12.1. The number of aryl methyl sites for hydroxylation is 1. The van der Waals surface area contributed by atoms with Gasteiger partial charge < -0.3 is 15.0 Å². The Morgan fingerprint density at radius 2 is 1.84 bits per heavy atom. The summed E-state index contributed by atoms with van der Waals surface area (Å²) in [5, 5.41) is 4.95. The first-order valence-corrected chi connectivity index (χ1v) is 9.60. The van der Waals surface area contributed by atoms with E-state index in [0.717, 1.165) is 41.5 Å². The molecule has 1 heterocycles. The third kappa shape index (κ3) is 4.06. The van der Waals surface area contributed by atoms with Crippen LogP contribution < -0.4 is 10.1 Å². The van der Waals surface area contributed by atoms with Crippen molar-refractivity contribution in [2.45, 2.75) is 58.5 Å². The van der Waals surface area contributed by atoms with Gasteiger partial charge in [-0.2, -0.15) is 0 Å². The summed E-state index contributed by atoms with van der Waals surface area (Å²) in [6.07, 6.45) is 5.03. The minimum absolute atomic E-state index is 0.544. The molecule has 1 aliphatic rings. The van der Waals surface area contributed by atoms with Crippen LogP contribution in [0.4, 0.5) is 5.69 Å². The number of anilines is 1. The van der Waals surface area contributed by atoms with Crippen molar-refractivity contribution in [1.82, 2.24) is 9.88 Å². The standard InChI is InChI=1S/C21H31N3O/c1-5-24(6-2)17-9-7-16(8-10-17)23-21-13-15(3)22-20-12-11-18(25-4)14-19(20)21/h11-14,16-17H,5-10H2,1-4H3,(H,22,23). The fourth-order valence-corrected chi connectivity index (χ4v) is 4.13. The molecular formula is C21H31N3O. The van der Waals surface area contributed by atoms with Gasteiger partial charge in [0, 0.05) is 28.9 Å². The number of hydrogen-bond donors (Lipinski definition) is 1. The summed E-state index contributed by atoms with van der Waals surface area (Å²) in [5.74, 6) is 0.881. The third-order valence-corrected chi connectivity index (χ3v) is 5.53. The van der Waals surface area contributed by atoms with Gasteiger partial charge in [0.05, 0.1) is 12.6 Å². The Balaban J connectivity index is 1.75. The molecule has 4 nitrogen and oxygen atoms in total. The molecule has 0 spiro atoms. The average Bonchev–Trinajstić information content (AvgIpc) is 2.63. The zero-order valence-corrected chi connectivity index (χ0v) is 16.0. The number of hydrogen-bond acceptors (Lipinski definition) is 4. The molecule has 2 aromatic rings. The average molecular weight is 341 g/mol. The van der Waals surface area contributed by atoms with Crippen molar-refractivity contribution in [3.8, 4) is 5.75 Å². The zero-order valence-electron chi connectivity index (χ0n) is 16.0. The van der Waals surface area contributed by atoms with Gasteiger partial charge in [-0.3, -0.25) is 4.98 Å². The molecule has 1 aromatic heterocycles. The second kappa shape index (κ2) is 8.05. The number of nitrogens with zero attached hydrogens (tertiary/aromatic N) is 2. The molecule has 4 heteroatoms. The van der Waals surface area contributed by atoms with Crippen LogP contribution in [0.2, 0.25) is 0 Å². The highest BCUT2D eigenvalue weighted by atomic mass is 16.5. The van der Waals surface area contributed by atoms with Gasteiger partial charge in [-0.1, -0.05) is 13.8 Å². The molecule has 3 rings (SSSR count). The maximum atomic E-state index is 5.40. The largest absolute Gasteiger partial charge is 0.497 e. The molecule has 0 bridgehead atoms. The second-order valence-corrected chi connectivity index (χ2v) is 7.07. The van der Waals surface area contributed by atoms with E-state index in [9.17, 15) is 0 Å². The molecule has 0 saturated heterocycles. The number of benzene rings is 1. The van der Waals surface area contributed by atoms with Crippen molar-refractivity contribution in [1.29, 1.82) is 0 Å². The fraction of sp³-hybridized carbons (Fsp3) is 0.571. The van der Waals surface area contributed by atoms with Crippen molar-refractivity contribution in [3.05, 3.63) is 30.0 Å². The van der Waals surface area contributed by atoms with Crippen molar-refractivity contribution in [2.75, 3.05) is 25.5 Å². The van der Waals surface area contributed by atoms with Gasteiger partial charge in [0.15, 0.2) is 0 Å². The number of aromatic nitrogens is 1. The van der Waals surface area contributed by atoms with Crippen LogP contribution in [0.15, 0.2) is 24.3 Å². The van der Waals surface area contributed by atoms with Crippen LogP contribution in [-0.2, 0) is 0 Å². The van der Waals surface area contributed by atoms with E-state index in [-0.39, 0.29) is 0 Å². The molecule has 0 radical (unpaired) electrons. The first-order valence-electron chi connectivity index (χ1n) is 9.60. The highest BCUT2D eigenvalue weighted by Crippen LogP contribution is 2.31. The molecule has 1 aromatic carbocycles. The summed E-state index contributed by atoms with van der Waals surface area (Å²) in [6.45, 7) is 8.92. The van der Waals surface area contributed by atoms with Gasteiger partial charge >= 0.3 is 0 Å². The van der Waals surface area contributed by atoms with E-state index < -0.39 is 0 Å². The number of nitrogens with one attached hydrogen (secondary N) is 1. The number of pyridine rings is 1. The molecule has 136 valence electrons. The van der Waals surface area contributed by atoms with Crippen LogP contribution in [0, 0.1) is 6.92 Å². The van der Waals surface area contributed by atoms with E-state index in [0.29, 0.717) is 6.04 Å². The van der Waals surface area contributed by atoms with Crippen molar-refractivity contribution >= 4 is 16.6 Å². The number of rotatable bonds is 6. The smallest absolute Gasteiger partial charge is 0.119 e. The molecule has 0 unspecified atom stereocenters. The SMILES string of the molecule is CCN(CC)C1CCC(Nc2cc(C)nc3ccc(OC)cc23)CC1. The summed E-state index contributed by atoms with van der Waals surface area (Å²) >= 11 is 0. The highest BCUT2D eigenvalue weighted by molar-refractivity contribution is 5.92. The highest BCUT2D eigenvalue weighted by Gasteiger charge is 2.24. The third-order valence-electron chi connectivity index (χ3n) is 5.53. The minimum atomic E-state index is 0.544. The quantitative estimate of drug-likeness (QED) is 0.832. The van der Waals surface area contributed by atoms with E-state index in [1.807, 2.05) is 12.1 Å². The van der Waals surface area contributed by atoms with E-state index in [1.54, 1.807) is 7.11 Å². The lowest BCUT2D eigenvalue weighted by molar-refractivity contribution is 0.167. The summed E-state index contributed by atoms with van der Waals surface area (Å²) in [7, 11) is 1.71. The van der Waals surface area contributed by atoms with Gasteiger partial charge in [0.2, 0.25) is 0 Å². The number of methoxy groups -OCH3 is 1. The van der Waals surface area contributed by atoms with E-state index in [4.69, 9.17) is 4.74 Å². The fourth-order valence-electron chi connectivity index (χ4n) is 4.13. The van der Waals surface area contributed by atoms with Gasteiger partial charge in [-0.25, -0.2) is 0 Å². The van der Waals surface area contributed by atoms with Crippen LogP contribution in [-0.4, -0.2) is 42.2 Å². The molecule has 0 amide bonds. The summed E-state index contributed by atoms with van der Waals surface area (Å²) < 4.78 is 5.40. The van der Waals surface area contributed by atoms with Gasteiger partial charge in [-0.05, 0) is 70.0 Å². The van der Waals surface area contributed by atoms with E-state index >= 15 is 0 Å². The number of fused-ring (bicyclic) bond motifs is 1. The Morgan fingerprint density at radius 3 is 2.48 bits per heavy atom. The Morgan fingerprint density at radius 1 is 1.12 bits per heavy atom. The van der Waals surface area contributed by atoms with E-state index in [2.05, 4.69) is 48.1 Å². The molecule has 1 N–H and O–H groups in total. The van der Waals surface area contributed by atoms with Crippen LogP contribution in [0.5, 0.6) is 5.75 Å². The topological polar surface area (TPSA) is 37.4 Å². The number of ether oxygens (including phenoxy) is 1. The lowest BCUT2D eigenvalue weighted by Gasteiger charge is -2.36. The molecule has 0 aliphatic heterocycles. The first kappa shape index (κ1) is 18.0. The maximum absolute atomic E-state index is 5.40. The molecule has 1 aliphatic carbocycles. The van der Waals surface area contributed by atoms with Crippen molar-refractivity contribution in [3.63, 3.8) is 0 Å². The molecule has 0 atom stereocenters. The lowest BCUT2D eigenvalue weighted by atomic mass is 9.90. The Kier molecular flexibility index (Phi) is 5.79. The molecule has 25 heavy (non-hydrogen) atoms. The lowest BCUT2D eigenvalue weighted by Crippen LogP contribution is -2.40. The zero-order chi connectivity index (χ0) is 17.8. The summed E-state index contributed by atoms with van der Waals surface area (Å²) in [5.41, 5.74) is 3.27. The van der Waals surface area contributed by atoms with Crippen LogP contribution >= 0.6 is 0 Å². The maximum Gasteiger partial charge on any atom is 0.119 e. The predicted octanol–water partition coefficient (Wildman–Crippen LogP) is 4.62. The Hall–Kier alpha value is -1.81. The second-order valence-electron chi connectivity index (χ2n) is 7.07. The summed E-state index contributed by atoms with van der Waals surface area (Å²) in [6, 6.07) is 9.58. The van der Waals surface area contributed by atoms with Crippen LogP contribution in [0.1, 0.15) is 45.2 Å².